The number of carbonyl (C=O) groups is 2. The molecule has 36 heavy (non-hydrogen) atoms. The van der Waals surface area contributed by atoms with E-state index in [1.165, 1.54) is 27.8 Å². The average Bonchev–Trinajstić information content (AvgIpc) is 3.57. The van der Waals surface area contributed by atoms with Crippen molar-refractivity contribution in [3.05, 3.63) is 100 Å². The van der Waals surface area contributed by atoms with Crippen LogP contribution in [-0.2, 0) is 16.0 Å². The summed E-state index contributed by atoms with van der Waals surface area (Å²) in [6.45, 7) is 4.17. The van der Waals surface area contributed by atoms with E-state index in [4.69, 9.17) is 0 Å². The number of allylic oxidation sites excluding steroid dienone is 5. The lowest BCUT2D eigenvalue weighted by atomic mass is 9.73. The van der Waals surface area contributed by atoms with Crippen LogP contribution in [0, 0.1) is 24.7 Å². The lowest BCUT2D eigenvalue weighted by molar-refractivity contribution is -0.121. The Balaban J connectivity index is 1.24. The topological polar surface area (TPSA) is 34.1 Å². The monoisotopic (exact) mass is 478 g/mol. The average molecular weight is 479 g/mol. The van der Waals surface area contributed by atoms with Crippen LogP contribution in [0.3, 0.4) is 0 Å². The van der Waals surface area contributed by atoms with Crippen molar-refractivity contribution in [2.45, 2.75) is 71.1 Å². The summed E-state index contributed by atoms with van der Waals surface area (Å²) in [4.78, 5) is 26.0. The second-order valence-corrected chi connectivity index (χ2v) is 11.1. The Labute approximate surface area is 216 Å². The number of hydrogen-bond donors (Lipinski definition) is 0. The highest BCUT2D eigenvalue weighted by Crippen LogP contribution is 2.45. The largest absolute Gasteiger partial charge is 0.299 e. The molecule has 0 aromatic heterocycles. The van der Waals surface area contributed by atoms with Gasteiger partial charge in [-0.05, 0) is 98.5 Å². The van der Waals surface area contributed by atoms with Crippen LogP contribution in [0.5, 0.6) is 0 Å². The maximum Gasteiger partial charge on any atom is 0.162 e. The fourth-order valence-corrected chi connectivity index (χ4v) is 6.60. The lowest BCUT2D eigenvalue weighted by Crippen LogP contribution is -2.26. The van der Waals surface area contributed by atoms with Crippen LogP contribution >= 0.6 is 0 Å². The highest BCUT2D eigenvalue weighted by Gasteiger charge is 2.40. The summed E-state index contributed by atoms with van der Waals surface area (Å²) in [6.07, 6.45) is 17.8. The highest BCUT2D eigenvalue weighted by molar-refractivity contribution is 5.98. The van der Waals surface area contributed by atoms with Crippen molar-refractivity contribution >= 4 is 17.6 Å². The van der Waals surface area contributed by atoms with Gasteiger partial charge in [0.2, 0.25) is 0 Å². The minimum Gasteiger partial charge on any atom is -0.299 e. The van der Waals surface area contributed by atoms with Crippen molar-refractivity contribution in [1.82, 2.24) is 0 Å². The van der Waals surface area contributed by atoms with Crippen LogP contribution in [0.25, 0.3) is 6.08 Å². The molecule has 0 spiro atoms. The van der Waals surface area contributed by atoms with E-state index in [0.717, 1.165) is 50.5 Å². The second-order valence-electron chi connectivity index (χ2n) is 11.1. The van der Waals surface area contributed by atoms with E-state index in [0.29, 0.717) is 29.8 Å². The maximum atomic E-state index is 13.2. The van der Waals surface area contributed by atoms with Crippen molar-refractivity contribution in [3.8, 4) is 0 Å². The van der Waals surface area contributed by atoms with Crippen LogP contribution in [-0.4, -0.2) is 11.6 Å². The van der Waals surface area contributed by atoms with Gasteiger partial charge in [0, 0.05) is 18.3 Å². The van der Waals surface area contributed by atoms with E-state index in [9.17, 15) is 9.59 Å². The molecule has 2 heteroatoms. The van der Waals surface area contributed by atoms with E-state index in [1.807, 2.05) is 12.2 Å². The Morgan fingerprint density at radius 2 is 1.78 bits per heavy atom. The predicted octanol–water partition coefficient (Wildman–Crippen LogP) is 7.94. The van der Waals surface area contributed by atoms with Crippen molar-refractivity contribution in [2.75, 3.05) is 0 Å². The molecular weight excluding hydrogens is 440 g/mol. The fourth-order valence-electron chi connectivity index (χ4n) is 6.60. The van der Waals surface area contributed by atoms with Gasteiger partial charge in [0.1, 0.15) is 5.78 Å². The molecule has 0 heterocycles. The van der Waals surface area contributed by atoms with Gasteiger partial charge in [0.15, 0.2) is 5.78 Å². The molecule has 2 saturated carbocycles. The standard InChI is InChI=1S/C34H38O2/c1-3-6-28-20-30(18-17-29(28)19-24-11-9-23(2)10-12-24)32-21-31(22-33(32)35)25-13-15-27(16-14-25)34(36)26-7-4-5-8-26/h3-7,9-12,17-18,20,25,27,31-32H,8,13-16,19,21-22H2,1-2H3. The fraction of sp³-hybridized carbons (Fsp3) is 0.412. The minimum absolute atomic E-state index is 0.0153. The Morgan fingerprint density at radius 3 is 2.47 bits per heavy atom. The number of hydrogen-bond acceptors (Lipinski definition) is 2. The van der Waals surface area contributed by atoms with Crippen LogP contribution in [0.2, 0.25) is 0 Å². The Bertz CT molecular complexity index is 1200. The molecule has 2 atom stereocenters. The molecule has 3 aliphatic rings. The molecule has 3 aliphatic carbocycles. The molecule has 2 fully saturated rings. The quantitative estimate of drug-likeness (QED) is 0.405. The highest BCUT2D eigenvalue weighted by atomic mass is 16.1. The first-order valence-corrected chi connectivity index (χ1v) is 13.8. The van der Waals surface area contributed by atoms with Crippen LogP contribution in [0.15, 0.2) is 72.3 Å². The molecule has 0 bridgehead atoms. The molecule has 0 N–H and O–H groups in total. The van der Waals surface area contributed by atoms with Gasteiger partial charge in [0.05, 0.1) is 0 Å². The number of carbonyl (C=O) groups excluding carboxylic acids is 2. The lowest BCUT2D eigenvalue weighted by Gasteiger charge is -2.31. The van der Waals surface area contributed by atoms with Crippen molar-refractivity contribution in [3.63, 3.8) is 0 Å². The first kappa shape index (κ1) is 24.7. The number of ketones is 2. The normalized spacial score (nSPS) is 26.1. The molecule has 2 unspecified atom stereocenters. The molecule has 0 radical (unpaired) electrons. The van der Waals surface area contributed by atoms with Gasteiger partial charge in [0.25, 0.3) is 0 Å². The predicted molar refractivity (Wildman–Crippen MR) is 148 cm³/mol. The molecule has 2 aromatic carbocycles. The Morgan fingerprint density at radius 1 is 1.00 bits per heavy atom. The van der Waals surface area contributed by atoms with E-state index in [1.54, 1.807) is 0 Å². The van der Waals surface area contributed by atoms with Gasteiger partial charge in [-0.15, -0.1) is 0 Å². The van der Waals surface area contributed by atoms with E-state index in [2.05, 4.69) is 74.5 Å². The summed E-state index contributed by atoms with van der Waals surface area (Å²) in [5, 5.41) is 0. The molecule has 186 valence electrons. The number of benzene rings is 2. The zero-order valence-electron chi connectivity index (χ0n) is 21.7. The van der Waals surface area contributed by atoms with Gasteiger partial charge in [-0.2, -0.15) is 0 Å². The molecule has 2 aromatic rings. The summed E-state index contributed by atoms with van der Waals surface area (Å²) in [6, 6.07) is 15.4. The maximum absolute atomic E-state index is 13.2. The van der Waals surface area contributed by atoms with Gasteiger partial charge >= 0.3 is 0 Å². The molecule has 2 nitrogen and oxygen atoms in total. The van der Waals surface area contributed by atoms with E-state index >= 15 is 0 Å². The molecule has 0 amide bonds. The summed E-state index contributed by atoms with van der Waals surface area (Å²) >= 11 is 0. The molecule has 0 saturated heterocycles. The zero-order chi connectivity index (χ0) is 25.1. The van der Waals surface area contributed by atoms with Crippen molar-refractivity contribution in [2.24, 2.45) is 17.8 Å². The van der Waals surface area contributed by atoms with E-state index in [-0.39, 0.29) is 11.8 Å². The van der Waals surface area contributed by atoms with Crippen LogP contribution < -0.4 is 0 Å². The summed E-state index contributed by atoms with van der Waals surface area (Å²) in [5.74, 6) is 2.00. The third kappa shape index (κ3) is 5.38. The van der Waals surface area contributed by atoms with Gasteiger partial charge in [-0.25, -0.2) is 0 Å². The number of Topliss-reactive ketones (excluding diaryl/α,β-unsaturated/α-hetero) is 2. The Hall–Kier alpha value is -3.00. The number of rotatable bonds is 7. The SMILES string of the molecule is CC=Cc1cc(C2CC(C3CCC(C(=O)C4=CC=CC4)CC3)CC2=O)ccc1Cc1ccc(C)cc1. The number of aryl methyl sites for hydroxylation is 1. The van der Waals surface area contributed by atoms with E-state index < -0.39 is 0 Å². The minimum atomic E-state index is 0.0153. The summed E-state index contributed by atoms with van der Waals surface area (Å²) in [7, 11) is 0. The third-order valence-corrected chi connectivity index (χ3v) is 8.72. The van der Waals surface area contributed by atoms with Gasteiger partial charge in [-0.1, -0.05) is 78.4 Å². The first-order valence-electron chi connectivity index (χ1n) is 13.8. The third-order valence-electron chi connectivity index (χ3n) is 8.72. The zero-order valence-corrected chi connectivity index (χ0v) is 21.7. The van der Waals surface area contributed by atoms with Crippen LogP contribution in [0.4, 0.5) is 0 Å². The van der Waals surface area contributed by atoms with Crippen LogP contribution in [0.1, 0.15) is 85.6 Å². The first-order chi connectivity index (χ1) is 17.5. The van der Waals surface area contributed by atoms with Crippen molar-refractivity contribution in [1.29, 1.82) is 0 Å². The molecule has 5 rings (SSSR count). The smallest absolute Gasteiger partial charge is 0.162 e. The molecule has 0 aliphatic heterocycles. The molecular formula is C34H38O2. The van der Waals surface area contributed by atoms with Gasteiger partial charge in [-0.3, -0.25) is 9.59 Å². The summed E-state index contributed by atoms with van der Waals surface area (Å²) < 4.78 is 0. The second kappa shape index (κ2) is 10.9. The Kier molecular flexibility index (Phi) is 7.51. The van der Waals surface area contributed by atoms with Crippen molar-refractivity contribution < 1.29 is 9.59 Å². The van der Waals surface area contributed by atoms with Gasteiger partial charge < -0.3 is 0 Å². The summed E-state index contributed by atoms with van der Waals surface area (Å²) in [5.41, 5.74) is 7.27.